The molecule has 0 aliphatic heterocycles. The van der Waals surface area contributed by atoms with Gasteiger partial charge in [0.15, 0.2) is 16.6 Å². The molecule has 0 unspecified atom stereocenters. The topological polar surface area (TPSA) is 57.4 Å². The molecule has 5 nitrogen and oxygen atoms in total. The van der Waals surface area contributed by atoms with Crippen LogP contribution in [0.15, 0.2) is 0 Å². The number of hydrogen-bond acceptors (Lipinski definition) is 5. The van der Waals surface area contributed by atoms with Gasteiger partial charge in [0.25, 0.3) is 0 Å². The van der Waals surface area contributed by atoms with Crippen LogP contribution in [0.5, 0.6) is 0 Å². The van der Waals surface area contributed by atoms with E-state index in [0.717, 1.165) is 38.5 Å². The molecule has 0 radical (unpaired) electrons. The van der Waals surface area contributed by atoms with Crippen molar-refractivity contribution in [1.29, 1.82) is 0 Å². The SMILES string of the molecule is CNCCNC[Si](C)(C)O[Si](C)(C)CNCCNC. The molecule has 0 rings (SSSR count). The largest absolute Gasteiger partial charge is 0.454 e. The maximum absolute atomic E-state index is 6.50. The van der Waals surface area contributed by atoms with E-state index in [1.165, 1.54) is 0 Å². The minimum Gasteiger partial charge on any atom is -0.454 e. The molecule has 0 aromatic rings. The normalized spacial score (nSPS) is 12.9. The van der Waals surface area contributed by atoms with Gasteiger partial charge in [-0.05, 0) is 40.3 Å². The summed E-state index contributed by atoms with van der Waals surface area (Å²) in [6.07, 6.45) is 2.06. The second-order valence-corrected chi connectivity index (χ2v) is 14.7. The molecule has 0 heterocycles. The highest BCUT2D eigenvalue weighted by Crippen LogP contribution is 2.12. The maximum atomic E-state index is 6.50. The van der Waals surface area contributed by atoms with Crippen LogP contribution in [0.25, 0.3) is 0 Å². The van der Waals surface area contributed by atoms with Crippen LogP contribution in [0.1, 0.15) is 0 Å². The van der Waals surface area contributed by atoms with Crippen LogP contribution in [0, 0.1) is 0 Å². The first-order chi connectivity index (χ1) is 8.83. The van der Waals surface area contributed by atoms with Crippen molar-refractivity contribution < 1.29 is 4.12 Å². The van der Waals surface area contributed by atoms with Crippen LogP contribution >= 0.6 is 0 Å². The molecule has 0 aromatic heterocycles. The molecule has 0 amide bonds. The van der Waals surface area contributed by atoms with E-state index in [-0.39, 0.29) is 0 Å². The Morgan fingerprint density at radius 1 is 0.684 bits per heavy atom. The number of hydrogen-bond donors (Lipinski definition) is 4. The van der Waals surface area contributed by atoms with Crippen molar-refractivity contribution in [2.45, 2.75) is 26.2 Å². The lowest BCUT2D eigenvalue weighted by Gasteiger charge is -2.34. The smallest absolute Gasteiger partial charge is 0.187 e. The summed E-state index contributed by atoms with van der Waals surface area (Å²) in [5.74, 6) is 0. The predicted octanol–water partition coefficient (Wildman–Crippen LogP) is 0.110. The molecule has 0 bridgehead atoms. The fourth-order valence-corrected chi connectivity index (χ4v) is 10.1. The van der Waals surface area contributed by atoms with Gasteiger partial charge in [-0.3, -0.25) is 0 Å². The monoisotopic (exact) mass is 306 g/mol. The van der Waals surface area contributed by atoms with E-state index in [4.69, 9.17) is 4.12 Å². The zero-order valence-corrected chi connectivity index (χ0v) is 15.7. The van der Waals surface area contributed by atoms with Gasteiger partial charge >= 0.3 is 0 Å². The molecule has 116 valence electrons. The van der Waals surface area contributed by atoms with E-state index < -0.39 is 16.6 Å². The standard InChI is InChI=1S/C12H34N4OSi2/c1-13-7-9-15-11-18(3,4)17-19(5,6)12-16-10-8-14-2/h13-16H,7-12H2,1-6H3. The lowest BCUT2D eigenvalue weighted by Crippen LogP contribution is -2.55. The predicted molar refractivity (Wildman–Crippen MR) is 89.6 cm³/mol. The molecule has 0 spiro atoms. The summed E-state index contributed by atoms with van der Waals surface area (Å²) < 4.78 is 6.50. The van der Waals surface area contributed by atoms with Gasteiger partial charge in [-0.25, -0.2) is 0 Å². The zero-order valence-electron chi connectivity index (χ0n) is 13.7. The van der Waals surface area contributed by atoms with Gasteiger partial charge in [-0.15, -0.1) is 0 Å². The van der Waals surface area contributed by atoms with Crippen molar-refractivity contribution >= 4 is 16.6 Å². The molecule has 0 saturated heterocycles. The minimum atomic E-state index is -1.59. The Morgan fingerprint density at radius 2 is 1.05 bits per heavy atom. The molecule has 0 saturated carbocycles. The van der Waals surface area contributed by atoms with Gasteiger partial charge in [-0.1, -0.05) is 0 Å². The van der Waals surface area contributed by atoms with Gasteiger partial charge in [0.2, 0.25) is 0 Å². The summed E-state index contributed by atoms with van der Waals surface area (Å²) in [7, 11) is 0.780. The van der Waals surface area contributed by atoms with Crippen LogP contribution < -0.4 is 21.3 Å². The molecule has 0 fully saturated rings. The molecular weight excluding hydrogens is 272 g/mol. The summed E-state index contributed by atoms with van der Waals surface area (Å²) in [6.45, 7) is 13.3. The van der Waals surface area contributed by atoms with E-state index in [1.807, 2.05) is 14.1 Å². The van der Waals surface area contributed by atoms with E-state index in [2.05, 4.69) is 47.5 Å². The average molecular weight is 307 g/mol. The first-order valence-corrected chi connectivity index (χ1v) is 13.5. The molecule has 0 aliphatic carbocycles. The van der Waals surface area contributed by atoms with E-state index in [1.54, 1.807) is 0 Å². The van der Waals surface area contributed by atoms with Gasteiger partial charge in [-0.2, -0.15) is 0 Å². The Morgan fingerprint density at radius 3 is 1.37 bits per heavy atom. The van der Waals surface area contributed by atoms with Crippen LogP contribution in [0.2, 0.25) is 26.2 Å². The Hall–Kier alpha value is 0.234. The second kappa shape index (κ2) is 10.0. The van der Waals surface area contributed by atoms with Gasteiger partial charge in [0, 0.05) is 38.5 Å². The van der Waals surface area contributed by atoms with Crippen molar-refractivity contribution in [2.24, 2.45) is 0 Å². The summed E-state index contributed by atoms with van der Waals surface area (Å²) in [5.41, 5.74) is 0. The number of nitrogens with one attached hydrogen (secondary N) is 4. The van der Waals surface area contributed by atoms with Crippen LogP contribution in [-0.4, -0.2) is 69.2 Å². The van der Waals surface area contributed by atoms with Gasteiger partial charge < -0.3 is 25.4 Å². The molecule has 4 N–H and O–H groups in total. The summed E-state index contributed by atoms with van der Waals surface area (Å²) in [5, 5.41) is 13.3. The Labute approximate surface area is 121 Å². The third-order valence-corrected chi connectivity index (χ3v) is 9.38. The van der Waals surface area contributed by atoms with Crippen LogP contribution in [-0.2, 0) is 4.12 Å². The molecule has 7 heteroatoms. The molecule has 0 aliphatic rings. The van der Waals surface area contributed by atoms with Gasteiger partial charge in [0.05, 0.1) is 0 Å². The highest BCUT2D eigenvalue weighted by Gasteiger charge is 2.32. The Balaban J connectivity index is 3.93. The second-order valence-electron chi connectivity index (χ2n) is 6.18. The van der Waals surface area contributed by atoms with Crippen molar-refractivity contribution in [3.63, 3.8) is 0 Å². The minimum absolute atomic E-state index is 1.01. The van der Waals surface area contributed by atoms with Crippen molar-refractivity contribution in [3.8, 4) is 0 Å². The Bertz CT molecular complexity index is 206. The Kier molecular flexibility index (Phi) is 10.2. The fourth-order valence-electron chi connectivity index (χ4n) is 2.03. The highest BCUT2D eigenvalue weighted by atomic mass is 28.4. The first-order valence-electron chi connectivity index (χ1n) is 7.24. The molecule has 19 heavy (non-hydrogen) atoms. The van der Waals surface area contributed by atoms with Crippen LogP contribution in [0.3, 0.4) is 0 Å². The number of likely N-dealkylation sites (N-methyl/N-ethyl adjacent to an activating group) is 2. The highest BCUT2D eigenvalue weighted by molar-refractivity contribution is 6.85. The van der Waals surface area contributed by atoms with Crippen LogP contribution in [0.4, 0.5) is 0 Å². The van der Waals surface area contributed by atoms with E-state index >= 15 is 0 Å². The lowest BCUT2D eigenvalue weighted by atomic mass is 10.6. The van der Waals surface area contributed by atoms with E-state index in [0.29, 0.717) is 0 Å². The molecular formula is C12H34N4OSi2. The zero-order chi connectivity index (χ0) is 14.8. The van der Waals surface area contributed by atoms with Crippen molar-refractivity contribution in [1.82, 2.24) is 21.3 Å². The van der Waals surface area contributed by atoms with E-state index in [9.17, 15) is 0 Å². The average Bonchev–Trinajstić information content (AvgIpc) is 2.29. The number of rotatable bonds is 12. The summed E-state index contributed by atoms with van der Waals surface area (Å²) in [4.78, 5) is 0. The first kappa shape index (κ1) is 19.2. The third kappa shape index (κ3) is 11.7. The molecule has 0 atom stereocenters. The summed E-state index contributed by atoms with van der Waals surface area (Å²) >= 11 is 0. The fraction of sp³-hybridized carbons (Fsp3) is 1.00. The quantitative estimate of drug-likeness (QED) is 0.305. The third-order valence-electron chi connectivity index (χ3n) is 2.76. The van der Waals surface area contributed by atoms with Crippen molar-refractivity contribution in [3.05, 3.63) is 0 Å². The molecule has 0 aromatic carbocycles. The van der Waals surface area contributed by atoms with Gasteiger partial charge in [0.1, 0.15) is 0 Å². The summed E-state index contributed by atoms with van der Waals surface area (Å²) in [6, 6.07) is 0. The lowest BCUT2D eigenvalue weighted by molar-refractivity contribution is 0.517. The maximum Gasteiger partial charge on any atom is 0.187 e. The van der Waals surface area contributed by atoms with Crippen molar-refractivity contribution in [2.75, 3.05) is 52.6 Å².